The number of tetrazole rings is 1. The highest BCUT2D eigenvalue weighted by molar-refractivity contribution is 8.00. The number of aliphatic carboxylic acids is 1. The number of ether oxygens (including phenoxy) is 1. The van der Waals surface area contributed by atoms with E-state index in [0.717, 1.165) is 5.56 Å². The Bertz CT molecular complexity index is 1040. The molecule has 0 bridgehead atoms. The maximum Gasteiger partial charge on any atom is 0.313 e. The molecule has 3 atom stereocenters. The first kappa shape index (κ1) is 22.6. The molecule has 1 aromatic heterocycles. The molecule has 2 N–H and O–H groups in total. The van der Waals surface area contributed by atoms with E-state index < -0.39 is 28.4 Å². The largest absolute Gasteiger partial charge is 0.481 e. The molecule has 2 saturated heterocycles. The fourth-order valence-electron chi connectivity index (χ4n) is 3.76. The number of methoxy groups -OCH3 is 1. The number of β-lactam (4-membered cyclic amide) rings is 1. The highest BCUT2D eigenvalue weighted by Gasteiger charge is 2.67. The van der Waals surface area contributed by atoms with Crippen LogP contribution in [0.1, 0.15) is 5.56 Å². The predicted molar refractivity (Wildman–Crippen MR) is 116 cm³/mol. The van der Waals surface area contributed by atoms with Crippen LogP contribution in [0.5, 0.6) is 0 Å². The van der Waals surface area contributed by atoms with Crippen LogP contribution in [0, 0.1) is 5.41 Å². The summed E-state index contributed by atoms with van der Waals surface area (Å²) in [4.78, 5) is 39.3. The molecule has 4 rings (SSSR count). The Balaban J connectivity index is 1.45. The second-order valence-electron chi connectivity index (χ2n) is 7.71. The number of carboxylic acids is 1. The van der Waals surface area contributed by atoms with Gasteiger partial charge in [-0.25, -0.2) is 4.68 Å². The van der Waals surface area contributed by atoms with Crippen LogP contribution in [0.2, 0.25) is 0 Å². The fourth-order valence-corrected chi connectivity index (χ4v) is 6.57. The lowest BCUT2D eigenvalue weighted by molar-refractivity contribution is -0.200. The van der Waals surface area contributed by atoms with E-state index >= 15 is 0 Å². The first-order valence-electron chi connectivity index (χ1n) is 9.73. The summed E-state index contributed by atoms with van der Waals surface area (Å²) in [6, 6.07) is 9.19. The van der Waals surface area contributed by atoms with Crippen molar-refractivity contribution in [2.45, 2.75) is 22.7 Å². The molecule has 2 fully saturated rings. The van der Waals surface area contributed by atoms with Crippen molar-refractivity contribution < 1.29 is 24.2 Å². The molecule has 2 amide bonds. The van der Waals surface area contributed by atoms with Crippen LogP contribution >= 0.6 is 23.5 Å². The number of rotatable bonds is 8. The molecule has 1 aromatic carbocycles. The van der Waals surface area contributed by atoms with Crippen molar-refractivity contribution in [3.05, 3.63) is 35.9 Å². The Kier molecular flexibility index (Phi) is 6.14. The summed E-state index contributed by atoms with van der Waals surface area (Å²) in [6.07, 6.45) is 0.109. The summed E-state index contributed by atoms with van der Waals surface area (Å²) in [5.41, 5.74) is -1.86. The van der Waals surface area contributed by atoms with Gasteiger partial charge in [0.2, 0.25) is 11.1 Å². The van der Waals surface area contributed by atoms with Crippen molar-refractivity contribution in [3.63, 3.8) is 0 Å². The average Bonchev–Trinajstić information content (AvgIpc) is 3.20. The third kappa shape index (κ3) is 3.84. The Morgan fingerprint density at radius 3 is 2.75 bits per heavy atom. The van der Waals surface area contributed by atoms with Crippen LogP contribution in [0.4, 0.5) is 0 Å². The minimum absolute atomic E-state index is 0.0107. The highest BCUT2D eigenvalue weighted by Crippen LogP contribution is 2.48. The summed E-state index contributed by atoms with van der Waals surface area (Å²) >= 11 is 2.51. The van der Waals surface area contributed by atoms with Gasteiger partial charge in [-0.05, 0) is 16.0 Å². The molecule has 170 valence electrons. The van der Waals surface area contributed by atoms with Crippen LogP contribution in [0.3, 0.4) is 0 Å². The van der Waals surface area contributed by atoms with Crippen LogP contribution in [0.15, 0.2) is 35.5 Å². The molecule has 0 saturated carbocycles. The topological polar surface area (TPSA) is 140 Å². The molecule has 0 spiro atoms. The number of hydrogen-bond acceptors (Lipinski definition) is 9. The summed E-state index contributed by atoms with van der Waals surface area (Å²) < 4.78 is 6.96. The second kappa shape index (κ2) is 8.71. The van der Waals surface area contributed by atoms with E-state index in [1.54, 1.807) is 7.05 Å². The fraction of sp³-hybridized carbons (Fsp3) is 0.474. The standard InChI is InChI=1S/C19H22N6O5S2/c1-24-17(21-22-23-24)32-11-18(16(28)29)9-25-14(27)19(30-2,15(25)31-10-18)20-13(26)8-12-6-4-3-5-7-12/h3-7,15H,8-11H2,1-2H3,(H,20,26)(H,28,29)/t15-,18?,19?/m1/s1. The van der Waals surface area contributed by atoms with Crippen molar-refractivity contribution in [2.75, 3.05) is 25.2 Å². The maximum absolute atomic E-state index is 13.1. The van der Waals surface area contributed by atoms with Crippen molar-refractivity contribution in [3.8, 4) is 0 Å². The summed E-state index contributed by atoms with van der Waals surface area (Å²) in [5, 5.41) is 23.9. The average molecular weight is 479 g/mol. The SMILES string of the molecule is COC1(NC(=O)Cc2ccccc2)C(=O)N2CC(CSc3nnnn3C)(C(=O)O)CS[C@@H]21. The van der Waals surface area contributed by atoms with Gasteiger partial charge in [0.05, 0.1) is 6.42 Å². The van der Waals surface area contributed by atoms with Crippen molar-refractivity contribution in [2.24, 2.45) is 12.5 Å². The second-order valence-corrected chi connectivity index (χ2v) is 9.72. The van der Waals surface area contributed by atoms with Gasteiger partial charge >= 0.3 is 5.97 Å². The molecular weight excluding hydrogens is 456 g/mol. The van der Waals surface area contributed by atoms with Crippen LogP contribution < -0.4 is 5.32 Å². The summed E-state index contributed by atoms with van der Waals surface area (Å²) in [7, 11) is 3.04. The van der Waals surface area contributed by atoms with Gasteiger partial charge < -0.3 is 20.1 Å². The van der Waals surface area contributed by atoms with Crippen molar-refractivity contribution in [1.82, 2.24) is 30.4 Å². The minimum Gasteiger partial charge on any atom is -0.481 e. The lowest BCUT2D eigenvalue weighted by Crippen LogP contribution is -2.82. The van der Waals surface area contributed by atoms with Crippen LogP contribution in [0.25, 0.3) is 0 Å². The minimum atomic E-state index is -1.50. The van der Waals surface area contributed by atoms with Gasteiger partial charge in [0.25, 0.3) is 11.6 Å². The zero-order chi connectivity index (χ0) is 22.9. The number of aryl methyl sites for hydroxylation is 1. The van der Waals surface area contributed by atoms with Crippen molar-refractivity contribution in [1.29, 1.82) is 0 Å². The number of thioether (sulfide) groups is 2. The number of fused-ring (bicyclic) bond motifs is 1. The summed E-state index contributed by atoms with van der Waals surface area (Å²) in [5.74, 6) is -1.35. The highest BCUT2D eigenvalue weighted by atomic mass is 32.2. The van der Waals surface area contributed by atoms with E-state index in [0.29, 0.717) is 5.16 Å². The first-order chi connectivity index (χ1) is 15.3. The van der Waals surface area contributed by atoms with E-state index in [9.17, 15) is 19.5 Å². The van der Waals surface area contributed by atoms with E-state index in [-0.39, 0.29) is 30.4 Å². The normalized spacial score (nSPS) is 26.9. The van der Waals surface area contributed by atoms with Gasteiger partial charge in [-0.2, -0.15) is 0 Å². The predicted octanol–water partition coefficient (Wildman–Crippen LogP) is -0.0101. The number of benzene rings is 1. The molecule has 0 aliphatic carbocycles. The van der Waals surface area contributed by atoms with Gasteiger partial charge in [0.15, 0.2) is 0 Å². The number of amides is 2. The molecule has 11 nitrogen and oxygen atoms in total. The van der Waals surface area contributed by atoms with E-state index in [2.05, 4.69) is 20.8 Å². The maximum atomic E-state index is 13.1. The number of hydrogen-bond donors (Lipinski definition) is 2. The lowest BCUT2D eigenvalue weighted by atomic mass is 9.88. The quantitative estimate of drug-likeness (QED) is 0.302. The zero-order valence-electron chi connectivity index (χ0n) is 17.4. The summed E-state index contributed by atoms with van der Waals surface area (Å²) in [6.45, 7) is 0.0107. The van der Waals surface area contributed by atoms with E-state index in [1.807, 2.05) is 30.3 Å². The number of carbonyl (C=O) groups excluding carboxylic acids is 2. The molecular formula is C19H22N6O5S2. The smallest absolute Gasteiger partial charge is 0.313 e. The van der Waals surface area contributed by atoms with Gasteiger partial charge in [0, 0.05) is 32.2 Å². The molecule has 0 radical (unpaired) electrons. The third-order valence-corrected chi connectivity index (χ3v) is 8.49. The van der Waals surface area contributed by atoms with Gasteiger partial charge in [-0.1, -0.05) is 42.1 Å². The van der Waals surface area contributed by atoms with E-state index in [4.69, 9.17) is 4.74 Å². The number of nitrogens with one attached hydrogen (secondary N) is 1. The van der Waals surface area contributed by atoms with E-state index in [1.165, 1.54) is 40.2 Å². The van der Waals surface area contributed by atoms with Crippen LogP contribution in [-0.2, 0) is 32.6 Å². The number of carbonyl (C=O) groups is 3. The zero-order valence-corrected chi connectivity index (χ0v) is 19.1. The van der Waals surface area contributed by atoms with Gasteiger partial charge in [0.1, 0.15) is 10.8 Å². The monoisotopic (exact) mass is 478 g/mol. The molecule has 2 aliphatic rings. The number of aromatic nitrogens is 4. The Hall–Kier alpha value is -2.64. The van der Waals surface area contributed by atoms with Gasteiger partial charge in [-0.3, -0.25) is 14.4 Å². The number of nitrogens with zero attached hydrogens (tertiary/aromatic N) is 5. The van der Waals surface area contributed by atoms with Gasteiger partial charge in [-0.15, -0.1) is 16.9 Å². The lowest BCUT2D eigenvalue weighted by Gasteiger charge is -2.58. The molecule has 2 aliphatic heterocycles. The third-order valence-electron chi connectivity index (χ3n) is 5.57. The number of carboxylic acid groups (broad SMARTS) is 1. The molecule has 2 aromatic rings. The molecule has 3 heterocycles. The Morgan fingerprint density at radius 2 is 2.12 bits per heavy atom. The van der Waals surface area contributed by atoms with Crippen LogP contribution in [-0.4, -0.2) is 84.3 Å². The Labute approximate surface area is 192 Å². The first-order valence-corrected chi connectivity index (χ1v) is 11.8. The molecule has 32 heavy (non-hydrogen) atoms. The molecule has 2 unspecified atom stereocenters. The molecule has 13 heteroatoms. The Morgan fingerprint density at radius 1 is 1.38 bits per heavy atom. The van der Waals surface area contributed by atoms with Crippen molar-refractivity contribution >= 4 is 41.3 Å².